The highest BCUT2D eigenvalue weighted by Gasteiger charge is 2.12. The number of sulfonamides is 1. The van der Waals surface area contributed by atoms with E-state index >= 15 is 0 Å². The first-order valence-electron chi connectivity index (χ1n) is 6.11. The van der Waals surface area contributed by atoms with Gasteiger partial charge in [0.2, 0.25) is 10.0 Å². The van der Waals surface area contributed by atoms with Gasteiger partial charge in [-0.05, 0) is 37.1 Å². The van der Waals surface area contributed by atoms with Gasteiger partial charge in [0.25, 0.3) is 0 Å². The molecule has 1 aromatic rings. The van der Waals surface area contributed by atoms with Crippen molar-refractivity contribution in [2.45, 2.75) is 30.3 Å². The highest BCUT2D eigenvalue weighted by Crippen LogP contribution is 2.09. The molecule has 0 amide bonds. The topological polar surface area (TPSA) is 84.2 Å². The summed E-state index contributed by atoms with van der Waals surface area (Å²) >= 11 is 0. The van der Waals surface area contributed by atoms with Crippen LogP contribution in [0.3, 0.4) is 0 Å². The normalized spacial score (nSPS) is 20.2. The molecule has 5 nitrogen and oxygen atoms in total. The Hall–Kier alpha value is -0.950. The van der Waals surface area contributed by atoms with Gasteiger partial charge in [-0.3, -0.25) is 0 Å². The van der Waals surface area contributed by atoms with Gasteiger partial charge in [-0.2, -0.15) is 0 Å². The Morgan fingerprint density at radius 2 is 2.06 bits per heavy atom. The Kier molecular flexibility index (Phi) is 4.34. The predicted octanol–water partition coefficient (Wildman–Crippen LogP) is 0.176. The average molecular weight is 269 g/mol. The average Bonchev–Trinajstić information content (AvgIpc) is 2.82. The molecule has 100 valence electrons. The zero-order valence-electron chi connectivity index (χ0n) is 10.2. The highest BCUT2D eigenvalue weighted by atomic mass is 32.2. The Balaban J connectivity index is 1.83. The number of rotatable bonds is 5. The number of nitrogens with one attached hydrogen (secondary N) is 2. The molecule has 1 fully saturated rings. The molecule has 0 saturated carbocycles. The Labute approximate surface area is 108 Å². The number of primary sulfonamides is 1. The fraction of sp³-hybridized carbons (Fsp3) is 0.500. The van der Waals surface area contributed by atoms with Crippen molar-refractivity contribution in [1.82, 2.24) is 10.6 Å². The smallest absolute Gasteiger partial charge is 0.238 e. The molecule has 1 unspecified atom stereocenters. The molecule has 0 radical (unpaired) electrons. The Morgan fingerprint density at radius 1 is 1.33 bits per heavy atom. The van der Waals surface area contributed by atoms with E-state index in [1.54, 1.807) is 24.3 Å². The second-order valence-corrected chi connectivity index (χ2v) is 6.17. The lowest BCUT2D eigenvalue weighted by atomic mass is 10.2. The molecule has 1 aliphatic heterocycles. The van der Waals surface area contributed by atoms with Crippen LogP contribution < -0.4 is 15.8 Å². The quantitative estimate of drug-likeness (QED) is 0.712. The van der Waals surface area contributed by atoms with Crippen molar-refractivity contribution >= 4 is 10.0 Å². The first kappa shape index (κ1) is 13.5. The van der Waals surface area contributed by atoms with Crippen LogP contribution in [0.5, 0.6) is 0 Å². The number of benzene rings is 1. The van der Waals surface area contributed by atoms with E-state index in [9.17, 15) is 8.42 Å². The van der Waals surface area contributed by atoms with Crippen LogP contribution in [0, 0.1) is 0 Å². The summed E-state index contributed by atoms with van der Waals surface area (Å²) < 4.78 is 22.2. The molecule has 0 bridgehead atoms. The zero-order valence-corrected chi connectivity index (χ0v) is 11.0. The summed E-state index contributed by atoms with van der Waals surface area (Å²) in [5.41, 5.74) is 1.06. The molecule has 4 N–H and O–H groups in total. The minimum atomic E-state index is -3.58. The molecule has 1 aliphatic rings. The number of hydrogen-bond donors (Lipinski definition) is 3. The van der Waals surface area contributed by atoms with Crippen LogP contribution in [0.2, 0.25) is 0 Å². The van der Waals surface area contributed by atoms with Crippen molar-refractivity contribution in [2.24, 2.45) is 5.14 Å². The van der Waals surface area contributed by atoms with E-state index in [0.717, 1.165) is 25.2 Å². The molecule has 1 heterocycles. The monoisotopic (exact) mass is 269 g/mol. The van der Waals surface area contributed by atoms with Crippen LogP contribution in [0.25, 0.3) is 0 Å². The standard InChI is InChI=1S/C12H19N3O2S/c13-18(16,17)12-5-3-10(4-6-12)8-14-9-11-2-1-7-15-11/h3-6,11,14-15H,1-2,7-9H2,(H2,13,16,17). The van der Waals surface area contributed by atoms with Crippen molar-refractivity contribution in [3.63, 3.8) is 0 Å². The predicted molar refractivity (Wildman–Crippen MR) is 70.5 cm³/mol. The van der Waals surface area contributed by atoms with Gasteiger partial charge in [0.1, 0.15) is 0 Å². The van der Waals surface area contributed by atoms with Gasteiger partial charge in [0.05, 0.1) is 4.90 Å². The van der Waals surface area contributed by atoms with Gasteiger partial charge < -0.3 is 10.6 Å². The molecule has 0 spiro atoms. The van der Waals surface area contributed by atoms with Crippen molar-refractivity contribution in [2.75, 3.05) is 13.1 Å². The second kappa shape index (κ2) is 5.79. The summed E-state index contributed by atoms with van der Waals surface area (Å²) in [5.74, 6) is 0. The van der Waals surface area contributed by atoms with Crippen molar-refractivity contribution in [1.29, 1.82) is 0 Å². The third-order valence-corrected chi connectivity index (χ3v) is 4.06. The molecular weight excluding hydrogens is 250 g/mol. The zero-order chi connectivity index (χ0) is 13.0. The summed E-state index contributed by atoms with van der Waals surface area (Å²) in [6.07, 6.45) is 2.47. The maximum Gasteiger partial charge on any atom is 0.238 e. The van der Waals surface area contributed by atoms with Gasteiger partial charge in [-0.15, -0.1) is 0 Å². The van der Waals surface area contributed by atoms with E-state index in [4.69, 9.17) is 5.14 Å². The van der Waals surface area contributed by atoms with Gasteiger partial charge in [0.15, 0.2) is 0 Å². The van der Waals surface area contributed by atoms with E-state index in [1.807, 2.05) is 0 Å². The lowest BCUT2D eigenvalue weighted by Crippen LogP contribution is -2.33. The van der Waals surface area contributed by atoms with Gasteiger partial charge >= 0.3 is 0 Å². The van der Waals surface area contributed by atoms with Crippen molar-refractivity contribution in [3.05, 3.63) is 29.8 Å². The maximum absolute atomic E-state index is 11.1. The molecule has 18 heavy (non-hydrogen) atoms. The van der Waals surface area contributed by atoms with Crippen LogP contribution in [0.4, 0.5) is 0 Å². The SMILES string of the molecule is NS(=O)(=O)c1ccc(CNCC2CCCN2)cc1. The summed E-state index contributed by atoms with van der Waals surface area (Å²) in [5, 5.41) is 11.8. The summed E-state index contributed by atoms with van der Waals surface area (Å²) in [6, 6.07) is 7.22. The van der Waals surface area contributed by atoms with Gasteiger partial charge in [-0.1, -0.05) is 12.1 Å². The molecular formula is C12H19N3O2S. The lowest BCUT2D eigenvalue weighted by Gasteiger charge is -2.11. The van der Waals surface area contributed by atoms with E-state index in [-0.39, 0.29) is 4.90 Å². The maximum atomic E-state index is 11.1. The van der Waals surface area contributed by atoms with Gasteiger partial charge in [0, 0.05) is 19.1 Å². The summed E-state index contributed by atoms with van der Waals surface area (Å²) in [4.78, 5) is 0.156. The van der Waals surface area contributed by atoms with Crippen LogP contribution in [-0.2, 0) is 16.6 Å². The van der Waals surface area contributed by atoms with Crippen LogP contribution >= 0.6 is 0 Å². The fourth-order valence-electron chi connectivity index (χ4n) is 2.12. The lowest BCUT2D eigenvalue weighted by molar-refractivity contribution is 0.535. The third kappa shape index (κ3) is 3.78. The molecule has 0 aromatic heterocycles. The molecule has 6 heteroatoms. The molecule has 1 atom stereocenters. The molecule has 1 saturated heterocycles. The molecule has 0 aliphatic carbocycles. The van der Waals surface area contributed by atoms with Crippen molar-refractivity contribution in [3.8, 4) is 0 Å². The molecule has 2 rings (SSSR count). The first-order chi connectivity index (χ1) is 8.55. The van der Waals surface area contributed by atoms with Crippen LogP contribution in [0.15, 0.2) is 29.2 Å². The largest absolute Gasteiger partial charge is 0.313 e. The molecule has 1 aromatic carbocycles. The second-order valence-electron chi connectivity index (χ2n) is 4.61. The minimum Gasteiger partial charge on any atom is -0.313 e. The highest BCUT2D eigenvalue weighted by molar-refractivity contribution is 7.89. The Bertz CT molecular complexity index is 479. The summed E-state index contributed by atoms with van der Waals surface area (Å²) in [6.45, 7) is 2.79. The van der Waals surface area contributed by atoms with Gasteiger partial charge in [-0.25, -0.2) is 13.6 Å². The minimum absolute atomic E-state index is 0.156. The van der Waals surface area contributed by atoms with Crippen LogP contribution in [0.1, 0.15) is 18.4 Å². The Morgan fingerprint density at radius 3 is 2.61 bits per heavy atom. The van der Waals surface area contributed by atoms with E-state index < -0.39 is 10.0 Å². The fourth-order valence-corrected chi connectivity index (χ4v) is 2.63. The number of hydrogen-bond acceptors (Lipinski definition) is 4. The van der Waals surface area contributed by atoms with E-state index in [2.05, 4.69) is 10.6 Å². The van der Waals surface area contributed by atoms with Crippen molar-refractivity contribution < 1.29 is 8.42 Å². The first-order valence-corrected chi connectivity index (χ1v) is 7.66. The summed E-state index contributed by atoms with van der Waals surface area (Å²) in [7, 11) is -3.58. The van der Waals surface area contributed by atoms with E-state index in [0.29, 0.717) is 6.04 Å². The number of nitrogens with two attached hydrogens (primary N) is 1. The third-order valence-electron chi connectivity index (χ3n) is 3.13. The van der Waals surface area contributed by atoms with Crippen LogP contribution in [-0.4, -0.2) is 27.5 Å². The van der Waals surface area contributed by atoms with E-state index in [1.165, 1.54) is 12.8 Å².